The molecule has 0 heteroatoms. The molecular formula is C40H22. The zero-order valence-corrected chi connectivity index (χ0v) is 21.7. The largest absolute Gasteiger partial charge is 0.0616 e. The number of benzene rings is 9. The summed E-state index contributed by atoms with van der Waals surface area (Å²) >= 11 is 0. The molecule has 0 bridgehead atoms. The van der Waals surface area contributed by atoms with Gasteiger partial charge in [-0.2, -0.15) is 0 Å². The Hall–Kier alpha value is -5.20. The fourth-order valence-electron chi connectivity index (χ4n) is 7.64. The van der Waals surface area contributed by atoms with Gasteiger partial charge in [0.2, 0.25) is 0 Å². The number of rotatable bonds is 1. The molecule has 0 fully saturated rings. The summed E-state index contributed by atoms with van der Waals surface area (Å²) in [7, 11) is 0. The number of fused-ring (bicyclic) bond motifs is 7. The Labute approximate surface area is 231 Å². The third-order valence-corrected chi connectivity index (χ3v) is 9.33. The van der Waals surface area contributed by atoms with Crippen molar-refractivity contribution in [1.29, 1.82) is 0 Å². The van der Waals surface area contributed by atoms with Gasteiger partial charge in [-0.05, 0) is 110 Å². The van der Waals surface area contributed by atoms with Crippen molar-refractivity contribution in [1.82, 2.24) is 0 Å². The smallest absolute Gasteiger partial charge is 0.00199 e. The van der Waals surface area contributed by atoms with Crippen LogP contribution in [0.3, 0.4) is 0 Å². The Morgan fingerprint density at radius 2 is 0.800 bits per heavy atom. The van der Waals surface area contributed by atoms with Crippen molar-refractivity contribution in [2.24, 2.45) is 0 Å². The minimum absolute atomic E-state index is 1.30. The lowest BCUT2D eigenvalue weighted by Crippen LogP contribution is -1.90. The van der Waals surface area contributed by atoms with Crippen LogP contribution in [-0.2, 0) is 0 Å². The van der Waals surface area contributed by atoms with Crippen LogP contribution in [0.2, 0.25) is 0 Å². The van der Waals surface area contributed by atoms with E-state index in [1.807, 2.05) is 0 Å². The lowest BCUT2D eigenvalue weighted by atomic mass is 9.86. The Balaban J connectivity index is 1.39. The second-order valence-corrected chi connectivity index (χ2v) is 11.2. The fourth-order valence-corrected chi connectivity index (χ4v) is 7.64. The highest BCUT2D eigenvalue weighted by Crippen LogP contribution is 2.51. The highest BCUT2D eigenvalue weighted by molar-refractivity contribution is 6.30. The first-order valence-electron chi connectivity index (χ1n) is 14.0. The van der Waals surface area contributed by atoms with Crippen LogP contribution in [0.25, 0.3) is 98.0 Å². The molecule has 10 rings (SSSR count). The predicted molar refractivity (Wildman–Crippen MR) is 173 cm³/mol. The van der Waals surface area contributed by atoms with Gasteiger partial charge in [-0.25, -0.2) is 0 Å². The van der Waals surface area contributed by atoms with Gasteiger partial charge in [-0.15, -0.1) is 0 Å². The lowest BCUT2D eigenvalue weighted by Gasteiger charge is -2.17. The molecule has 9 aromatic carbocycles. The maximum Gasteiger partial charge on any atom is -0.00199 e. The molecule has 182 valence electrons. The first-order chi connectivity index (χ1) is 19.8. The zero-order valence-electron chi connectivity index (χ0n) is 21.7. The summed E-state index contributed by atoms with van der Waals surface area (Å²) in [4.78, 5) is 0. The molecule has 9 aromatic rings. The van der Waals surface area contributed by atoms with Crippen molar-refractivity contribution in [3.63, 3.8) is 0 Å². The monoisotopic (exact) mass is 502 g/mol. The van der Waals surface area contributed by atoms with Crippen molar-refractivity contribution in [3.8, 4) is 33.4 Å². The SMILES string of the molecule is c1ccc2c(c1)-c1cccc3c1c-2cc1c2ccccc2c(-c2ccc4ccc5cccc6ccc2c4c56)cc31. The summed E-state index contributed by atoms with van der Waals surface area (Å²) in [6.45, 7) is 0. The van der Waals surface area contributed by atoms with Gasteiger partial charge in [0.15, 0.2) is 0 Å². The van der Waals surface area contributed by atoms with Gasteiger partial charge >= 0.3 is 0 Å². The minimum atomic E-state index is 1.30. The van der Waals surface area contributed by atoms with Crippen LogP contribution in [-0.4, -0.2) is 0 Å². The van der Waals surface area contributed by atoms with E-state index in [2.05, 4.69) is 133 Å². The molecule has 0 unspecified atom stereocenters. The molecule has 0 heterocycles. The summed E-state index contributed by atoms with van der Waals surface area (Å²) in [6.07, 6.45) is 0. The van der Waals surface area contributed by atoms with E-state index in [0.717, 1.165) is 0 Å². The van der Waals surface area contributed by atoms with Gasteiger partial charge in [0.05, 0.1) is 0 Å². The van der Waals surface area contributed by atoms with E-state index in [9.17, 15) is 0 Å². The van der Waals surface area contributed by atoms with E-state index in [4.69, 9.17) is 0 Å². The summed E-state index contributed by atoms with van der Waals surface area (Å²) in [5.41, 5.74) is 8.00. The van der Waals surface area contributed by atoms with Gasteiger partial charge in [-0.1, -0.05) is 121 Å². The maximum atomic E-state index is 2.47. The van der Waals surface area contributed by atoms with Crippen molar-refractivity contribution < 1.29 is 0 Å². The maximum absolute atomic E-state index is 2.47. The molecule has 1 aliphatic rings. The van der Waals surface area contributed by atoms with Crippen molar-refractivity contribution in [2.75, 3.05) is 0 Å². The van der Waals surface area contributed by atoms with Crippen LogP contribution in [0.4, 0.5) is 0 Å². The van der Waals surface area contributed by atoms with Crippen LogP contribution in [0.5, 0.6) is 0 Å². The molecule has 0 atom stereocenters. The second-order valence-electron chi connectivity index (χ2n) is 11.2. The first-order valence-corrected chi connectivity index (χ1v) is 14.0. The molecule has 0 spiro atoms. The average molecular weight is 503 g/mol. The third kappa shape index (κ3) is 2.47. The molecule has 0 saturated heterocycles. The van der Waals surface area contributed by atoms with Crippen molar-refractivity contribution in [2.45, 2.75) is 0 Å². The molecule has 1 aliphatic carbocycles. The van der Waals surface area contributed by atoms with Crippen LogP contribution < -0.4 is 0 Å². The normalized spacial score (nSPS) is 12.5. The Morgan fingerprint density at radius 3 is 1.65 bits per heavy atom. The molecule has 40 heavy (non-hydrogen) atoms. The molecule has 0 radical (unpaired) electrons. The van der Waals surface area contributed by atoms with Crippen LogP contribution in [0.1, 0.15) is 0 Å². The molecule has 0 amide bonds. The van der Waals surface area contributed by atoms with E-state index < -0.39 is 0 Å². The highest BCUT2D eigenvalue weighted by Gasteiger charge is 2.23. The third-order valence-electron chi connectivity index (χ3n) is 9.33. The van der Waals surface area contributed by atoms with Crippen molar-refractivity contribution in [3.05, 3.63) is 133 Å². The summed E-state index contributed by atoms with van der Waals surface area (Å²) < 4.78 is 0. The Kier molecular flexibility index (Phi) is 3.76. The Morgan fingerprint density at radius 1 is 0.225 bits per heavy atom. The standard InChI is InChI=1S/C40H22/c1-4-12-29-26(9-1)31-13-6-14-32-36-21-34(27-10-2-3-11-28(27)35(36)22-37(29)40(31)32)30-19-17-25-16-15-23-7-5-8-24-18-20-33(30)39(25)38(23)24/h1-22H. The van der Waals surface area contributed by atoms with E-state index in [1.54, 1.807) is 0 Å². The average Bonchev–Trinajstić information content (AvgIpc) is 3.34. The fraction of sp³-hybridized carbons (Fsp3) is 0. The van der Waals surface area contributed by atoms with Gasteiger partial charge < -0.3 is 0 Å². The summed E-state index contributed by atoms with van der Waals surface area (Å²) in [5.74, 6) is 0. The summed E-state index contributed by atoms with van der Waals surface area (Å²) in [5, 5.41) is 16.0. The van der Waals surface area contributed by atoms with E-state index in [0.29, 0.717) is 0 Å². The molecule has 0 saturated carbocycles. The van der Waals surface area contributed by atoms with Gasteiger partial charge in [-0.3, -0.25) is 0 Å². The van der Waals surface area contributed by atoms with Crippen LogP contribution in [0.15, 0.2) is 133 Å². The van der Waals surface area contributed by atoms with E-state index in [-0.39, 0.29) is 0 Å². The van der Waals surface area contributed by atoms with E-state index in [1.165, 1.54) is 98.0 Å². The van der Waals surface area contributed by atoms with Gasteiger partial charge in [0.1, 0.15) is 0 Å². The van der Waals surface area contributed by atoms with Crippen LogP contribution in [0, 0.1) is 0 Å². The first kappa shape index (κ1) is 20.7. The summed E-state index contributed by atoms with van der Waals surface area (Å²) in [6, 6.07) is 50.0. The number of hydrogen-bond donors (Lipinski definition) is 0. The highest BCUT2D eigenvalue weighted by atomic mass is 14.3. The second kappa shape index (κ2) is 7.25. The predicted octanol–water partition coefficient (Wildman–Crippen LogP) is 11.4. The molecular weight excluding hydrogens is 480 g/mol. The molecule has 0 aliphatic heterocycles. The topological polar surface area (TPSA) is 0 Å². The molecule has 0 nitrogen and oxygen atoms in total. The quantitative estimate of drug-likeness (QED) is 0.196. The zero-order chi connectivity index (χ0) is 25.9. The van der Waals surface area contributed by atoms with Crippen LogP contribution >= 0.6 is 0 Å². The van der Waals surface area contributed by atoms with E-state index >= 15 is 0 Å². The van der Waals surface area contributed by atoms with Gasteiger partial charge in [0, 0.05) is 0 Å². The number of hydrogen-bond acceptors (Lipinski definition) is 0. The minimum Gasteiger partial charge on any atom is -0.0616 e. The molecule has 0 N–H and O–H groups in total. The van der Waals surface area contributed by atoms with Gasteiger partial charge in [0.25, 0.3) is 0 Å². The van der Waals surface area contributed by atoms with Crippen molar-refractivity contribution >= 4 is 64.6 Å². The molecule has 0 aromatic heterocycles. The Bertz CT molecular complexity index is 2510. The lowest BCUT2D eigenvalue weighted by molar-refractivity contribution is 1.70.